The Morgan fingerprint density at radius 3 is 2.28 bits per heavy atom. The highest BCUT2D eigenvalue weighted by Crippen LogP contribution is 2.39. The number of amides is 2. The number of nitrogen functional groups attached to an aromatic ring is 1. The van der Waals surface area contributed by atoms with E-state index in [0.29, 0.717) is 56.6 Å². The fourth-order valence-corrected chi connectivity index (χ4v) is 7.35. The summed E-state index contributed by atoms with van der Waals surface area (Å²) in [5.74, 6) is -0.370. The molecule has 5 N–H and O–H groups in total. The van der Waals surface area contributed by atoms with Crippen LogP contribution >= 0.6 is 0 Å². The van der Waals surface area contributed by atoms with E-state index in [0.717, 1.165) is 52.8 Å². The van der Waals surface area contributed by atoms with Crippen LogP contribution in [0.25, 0.3) is 11.1 Å². The molecule has 6 rings (SSSR count). The first-order valence-corrected chi connectivity index (χ1v) is 20.0. The van der Waals surface area contributed by atoms with E-state index < -0.39 is 11.9 Å². The summed E-state index contributed by atoms with van der Waals surface area (Å²) in [6, 6.07) is 30.9. The largest absolute Gasteiger partial charge is 0.459 e. The van der Waals surface area contributed by atoms with Crippen molar-refractivity contribution < 1.29 is 33.7 Å². The third-order valence-corrected chi connectivity index (χ3v) is 10.3. The Labute approximate surface area is 335 Å². The van der Waals surface area contributed by atoms with E-state index in [1.807, 2.05) is 87.5 Å². The van der Waals surface area contributed by atoms with Crippen molar-refractivity contribution in [2.45, 2.75) is 109 Å². The van der Waals surface area contributed by atoms with Gasteiger partial charge in [-0.3, -0.25) is 19.3 Å². The van der Waals surface area contributed by atoms with Gasteiger partial charge in [0.15, 0.2) is 6.29 Å². The number of aliphatic hydroxyl groups is 1. The number of unbranched alkanes of at least 4 members (excludes halogenated alkanes) is 1. The molecule has 2 amide bonds. The zero-order valence-electron chi connectivity index (χ0n) is 33.2. The second-order valence-corrected chi connectivity index (χ2v) is 16.0. The molecule has 0 radical (unpaired) electrons. The van der Waals surface area contributed by atoms with Crippen molar-refractivity contribution in [2.24, 2.45) is 0 Å². The lowest BCUT2D eigenvalue weighted by Crippen LogP contribution is -2.45. The van der Waals surface area contributed by atoms with Crippen LogP contribution in [0.3, 0.4) is 0 Å². The maximum absolute atomic E-state index is 13.1. The SMILES string of the molecule is CC(C)(C)OC(=O)[C@@H]1CCCN1C[C@@H]1C[C@H](c2ccc(CO)cc2)O[C@H](c2ccc(-c3cccc(CNC(=O)CCCCC(=O)Nc4ccccc4N)c3)cc2)O1. The van der Waals surface area contributed by atoms with Gasteiger partial charge in [0.05, 0.1) is 30.2 Å². The number of nitrogens with zero attached hydrogens (tertiary/aromatic N) is 1. The topological polar surface area (TPSA) is 152 Å². The molecule has 2 aliphatic heterocycles. The van der Waals surface area contributed by atoms with Crippen molar-refractivity contribution in [3.63, 3.8) is 0 Å². The van der Waals surface area contributed by atoms with Gasteiger partial charge >= 0.3 is 5.97 Å². The van der Waals surface area contributed by atoms with E-state index in [2.05, 4.69) is 33.7 Å². The normalized spacial score (nSPS) is 19.9. The van der Waals surface area contributed by atoms with Crippen molar-refractivity contribution in [2.75, 3.05) is 24.1 Å². The van der Waals surface area contributed by atoms with Gasteiger partial charge in [0.1, 0.15) is 11.6 Å². The summed E-state index contributed by atoms with van der Waals surface area (Å²) in [7, 11) is 0. The van der Waals surface area contributed by atoms with Gasteiger partial charge in [-0.15, -0.1) is 0 Å². The zero-order valence-corrected chi connectivity index (χ0v) is 33.2. The molecule has 0 unspecified atom stereocenters. The summed E-state index contributed by atoms with van der Waals surface area (Å²) in [5.41, 5.74) is 12.2. The fourth-order valence-electron chi connectivity index (χ4n) is 7.35. The Morgan fingerprint density at radius 2 is 1.56 bits per heavy atom. The summed E-state index contributed by atoms with van der Waals surface area (Å²) in [6.07, 6.45) is 3.10. The lowest BCUT2D eigenvalue weighted by atomic mass is 9.98. The van der Waals surface area contributed by atoms with Crippen LogP contribution in [0, 0.1) is 0 Å². The summed E-state index contributed by atoms with van der Waals surface area (Å²) >= 11 is 0. The van der Waals surface area contributed by atoms with Gasteiger partial charge in [0.2, 0.25) is 11.8 Å². The molecule has 11 nitrogen and oxygen atoms in total. The van der Waals surface area contributed by atoms with Crippen LogP contribution in [0.4, 0.5) is 11.4 Å². The average Bonchev–Trinajstić information content (AvgIpc) is 3.67. The molecule has 4 atom stereocenters. The monoisotopic (exact) mass is 776 g/mol. The predicted molar refractivity (Wildman–Crippen MR) is 221 cm³/mol. The molecule has 57 heavy (non-hydrogen) atoms. The van der Waals surface area contributed by atoms with Crippen LogP contribution in [-0.2, 0) is 41.7 Å². The number of hydrogen-bond donors (Lipinski definition) is 4. The van der Waals surface area contributed by atoms with Crippen LogP contribution in [0.1, 0.15) is 100 Å². The van der Waals surface area contributed by atoms with E-state index in [4.69, 9.17) is 19.9 Å². The number of carbonyl (C=O) groups excluding carboxylic acids is 3. The first-order chi connectivity index (χ1) is 27.4. The van der Waals surface area contributed by atoms with E-state index in [9.17, 15) is 19.5 Å². The number of esters is 1. The number of para-hydroxylation sites is 2. The lowest BCUT2D eigenvalue weighted by molar-refractivity contribution is -0.253. The van der Waals surface area contributed by atoms with Crippen LogP contribution in [0.2, 0.25) is 0 Å². The number of ether oxygens (including phenoxy) is 3. The number of hydrogen-bond acceptors (Lipinski definition) is 9. The van der Waals surface area contributed by atoms with Gasteiger partial charge in [0.25, 0.3) is 0 Å². The van der Waals surface area contributed by atoms with E-state index in [1.165, 1.54) is 0 Å². The van der Waals surface area contributed by atoms with Crippen molar-refractivity contribution in [3.8, 4) is 11.1 Å². The predicted octanol–water partition coefficient (Wildman–Crippen LogP) is 7.59. The second kappa shape index (κ2) is 19.4. The maximum Gasteiger partial charge on any atom is 0.323 e. The summed E-state index contributed by atoms with van der Waals surface area (Å²) in [6.45, 7) is 7.44. The van der Waals surface area contributed by atoms with E-state index >= 15 is 0 Å². The number of nitrogens with one attached hydrogen (secondary N) is 2. The molecule has 2 heterocycles. The molecule has 0 aliphatic carbocycles. The van der Waals surface area contributed by atoms with Crippen LogP contribution in [0.15, 0.2) is 97.1 Å². The van der Waals surface area contributed by atoms with Gasteiger partial charge in [-0.05, 0) is 99.0 Å². The quantitative estimate of drug-likeness (QED) is 0.0544. The molecule has 11 heteroatoms. The molecule has 2 aliphatic rings. The van der Waals surface area contributed by atoms with Crippen LogP contribution in [0.5, 0.6) is 0 Å². The van der Waals surface area contributed by atoms with Crippen molar-refractivity contribution in [1.82, 2.24) is 10.2 Å². The Morgan fingerprint density at radius 1 is 0.842 bits per heavy atom. The Kier molecular flexibility index (Phi) is 14.1. The number of rotatable bonds is 15. The summed E-state index contributed by atoms with van der Waals surface area (Å²) in [4.78, 5) is 40.2. The number of benzene rings is 4. The highest BCUT2D eigenvalue weighted by molar-refractivity contribution is 5.93. The number of nitrogens with two attached hydrogens (primary N) is 1. The molecule has 0 spiro atoms. The first-order valence-electron chi connectivity index (χ1n) is 20.0. The molecule has 4 aromatic rings. The number of carbonyl (C=O) groups is 3. The standard InChI is InChI=1S/C46H56N4O7/c1-46(2,3)57-44(54)40-14-9-25-50(40)29-37-27-41(34-19-17-31(30-51)18-20-34)56-45(55-37)35-23-21-33(22-24-35)36-11-8-10-32(26-36)28-48-42(52)15-6-7-16-43(53)49-39-13-5-4-12-38(39)47/h4-5,8,10-13,17-24,26,37,40-41,45,51H,6-7,9,14-16,25,27-30,47H2,1-3H3,(H,48,52)(H,49,53)/t37-,40-,41+,45+/m0/s1. The Hall–Kier alpha value is -5.07. The molecular weight excluding hydrogens is 721 g/mol. The minimum absolute atomic E-state index is 0.0271. The van der Waals surface area contributed by atoms with Gasteiger partial charge in [-0.2, -0.15) is 0 Å². The molecule has 0 aromatic heterocycles. The zero-order chi connectivity index (χ0) is 40.4. The highest BCUT2D eigenvalue weighted by Gasteiger charge is 2.39. The molecule has 2 fully saturated rings. The van der Waals surface area contributed by atoms with Gasteiger partial charge in [-0.25, -0.2) is 0 Å². The molecule has 0 bridgehead atoms. The molecule has 4 aromatic carbocycles. The molecular formula is C46H56N4O7. The van der Waals surface area contributed by atoms with Crippen molar-refractivity contribution in [1.29, 1.82) is 0 Å². The Balaban J connectivity index is 1.05. The minimum atomic E-state index is -0.624. The Bertz CT molecular complexity index is 1960. The van der Waals surface area contributed by atoms with Crippen molar-refractivity contribution in [3.05, 3.63) is 119 Å². The highest BCUT2D eigenvalue weighted by atomic mass is 16.7. The number of anilines is 2. The lowest BCUT2D eigenvalue weighted by Gasteiger charge is -2.38. The van der Waals surface area contributed by atoms with E-state index in [1.54, 1.807) is 12.1 Å². The molecule has 0 saturated carbocycles. The third-order valence-electron chi connectivity index (χ3n) is 10.3. The maximum atomic E-state index is 13.1. The van der Waals surface area contributed by atoms with Gasteiger partial charge in [0, 0.05) is 37.9 Å². The molecule has 302 valence electrons. The minimum Gasteiger partial charge on any atom is -0.459 e. The van der Waals surface area contributed by atoms with Gasteiger partial charge in [-0.1, -0.05) is 78.9 Å². The molecule has 2 saturated heterocycles. The van der Waals surface area contributed by atoms with Crippen LogP contribution < -0.4 is 16.4 Å². The average molecular weight is 777 g/mol. The third kappa shape index (κ3) is 12.0. The van der Waals surface area contributed by atoms with Gasteiger partial charge < -0.3 is 35.7 Å². The van der Waals surface area contributed by atoms with Crippen LogP contribution in [-0.4, -0.2) is 58.6 Å². The van der Waals surface area contributed by atoms with E-state index in [-0.39, 0.29) is 42.6 Å². The van der Waals surface area contributed by atoms with Crippen molar-refractivity contribution >= 4 is 29.2 Å². The number of likely N-dealkylation sites (tertiary alicyclic amines) is 1. The smallest absolute Gasteiger partial charge is 0.323 e. The fraction of sp³-hybridized carbons (Fsp3) is 0.413. The second-order valence-electron chi connectivity index (χ2n) is 16.0. The summed E-state index contributed by atoms with van der Waals surface area (Å²) in [5, 5.41) is 15.4. The first kappa shape index (κ1) is 41.6. The summed E-state index contributed by atoms with van der Waals surface area (Å²) < 4.78 is 19.0. The number of aliphatic hydroxyl groups excluding tert-OH is 1.